The van der Waals surface area contributed by atoms with Gasteiger partial charge in [0, 0.05) is 12.1 Å². The lowest BCUT2D eigenvalue weighted by atomic mass is 9.77. The lowest BCUT2D eigenvalue weighted by Crippen LogP contribution is -2.41. The molecule has 2 aromatic rings. The Kier molecular flexibility index (Phi) is 4.73. The smallest absolute Gasteiger partial charge is 0.493 e. The van der Waals surface area contributed by atoms with E-state index in [-0.39, 0.29) is 6.23 Å². The van der Waals surface area contributed by atoms with E-state index < -0.39 is 18.3 Å². The first-order valence-corrected chi connectivity index (χ1v) is 9.94. The predicted octanol–water partition coefficient (Wildman–Crippen LogP) is 3.43. The highest BCUT2D eigenvalue weighted by atomic mass is 16.7. The van der Waals surface area contributed by atoms with Gasteiger partial charge in [0.25, 0.3) is 0 Å². The number of ether oxygens (including phenoxy) is 2. The van der Waals surface area contributed by atoms with E-state index in [0.29, 0.717) is 6.61 Å². The van der Waals surface area contributed by atoms with Crippen molar-refractivity contribution >= 4 is 23.5 Å². The van der Waals surface area contributed by atoms with Gasteiger partial charge in [-0.25, -0.2) is 4.68 Å². The topological polar surface area (TPSA) is 54.7 Å². The quantitative estimate of drug-likeness (QED) is 0.770. The zero-order chi connectivity index (χ0) is 19.2. The molecule has 7 heteroatoms. The number of hydrogen-bond donors (Lipinski definition) is 0. The van der Waals surface area contributed by atoms with E-state index in [1.165, 1.54) is 0 Å². The lowest BCUT2D eigenvalue weighted by Gasteiger charge is -2.32. The van der Waals surface area contributed by atoms with Gasteiger partial charge in [0.15, 0.2) is 6.23 Å². The van der Waals surface area contributed by atoms with E-state index in [2.05, 4.69) is 38.9 Å². The molecule has 146 valence electrons. The summed E-state index contributed by atoms with van der Waals surface area (Å²) in [5, 5.41) is 5.59. The van der Waals surface area contributed by atoms with Crippen molar-refractivity contribution in [2.75, 3.05) is 13.2 Å². The van der Waals surface area contributed by atoms with Crippen LogP contribution < -0.4 is 10.2 Å². The van der Waals surface area contributed by atoms with Crippen molar-refractivity contribution in [2.24, 2.45) is 0 Å². The van der Waals surface area contributed by atoms with Crippen molar-refractivity contribution in [3.8, 4) is 5.75 Å². The van der Waals surface area contributed by atoms with Crippen LogP contribution in [-0.2, 0) is 14.0 Å². The molecule has 4 rings (SSSR count). The SMILES string of the molecule is CCOc1c(B2OC(C)(C)C(C)(C)O2)ccc2c1cnn2[C@@H]1CCCCO1. The van der Waals surface area contributed by atoms with Crippen molar-refractivity contribution in [2.45, 2.75) is 71.3 Å². The average molecular weight is 372 g/mol. The minimum Gasteiger partial charge on any atom is -0.493 e. The first kappa shape index (κ1) is 18.8. The third-order valence-electron chi connectivity index (χ3n) is 5.99. The number of aromatic nitrogens is 2. The Morgan fingerprint density at radius 2 is 1.93 bits per heavy atom. The molecule has 0 unspecified atom stereocenters. The lowest BCUT2D eigenvalue weighted by molar-refractivity contribution is -0.0366. The van der Waals surface area contributed by atoms with Crippen molar-refractivity contribution in [3.63, 3.8) is 0 Å². The van der Waals surface area contributed by atoms with Crippen molar-refractivity contribution in [1.82, 2.24) is 9.78 Å². The fraction of sp³-hybridized carbons (Fsp3) is 0.650. The summed E-state index contributed by atoms with van der Waals surface area (Å²) in [7, 11) is -0.463. The van der Waals surface area contributed by atoms with E-state index in [9.17, 15) is 0 Å². The Morgan fingerprint density at radius 1 is 1.19 bits per heavy atom. The molecule has 2 fully saturated rings. The molecule has 27 heavy (non-hydrogen) atoms. The van der Waals surface area contributed by atoms with E-state index in [1.54, 1.807) is 0 Å². The first-order valence-electron chi connectivity index (χ1n) is 9.94. The number of rotatable bonds is 4. The van der Waals surface area contributed by atoms with Crippen molar-refractivity contribution < 1.29 is 18.8 Å². The van der Waals surface area contributed by atoms with Gasteiger partial charge in [0.2, 0.25) is 0 Å². The highest BCUT2D eigenvalue weighted by molar-refractivity contribution is 6.63. The second-order valence-electron chi connectivity index (χ2n) is 8.35. The molecule has 1 atom stereocenters. The average Bonchev–Trinajstić information content (AvgIpc) is 3.14. The number of nitrogens with zero attached hydrogens (tertiary/aromatic N) is 2. The molecule has 0 bridgehead atoms. The molecule has 6 nitrogen and oxygen atoms in total. The number of fused-ring (bicyclic) bond motifs is 1. The van der Waals surface area contributed by atoms with E-state index in [4.69, 9.17) is 18.8 Å². The van der Waals surface area contributed by atoms with E-state index >= 15 is 0 Å². The summed E-state index contributed by atoms with van der Waals surface area (Å²) in [6.45, 7) is 11.6. The van der Waals surface area contributed by atoms with Crippen LogP contribution in [0.2, 0.25) is 0 Å². The van der Waals surface area contributed by atoms with Gasteiger partial charge in [-0.15, -0.1) is 0 Å². The van der Waals surface area contributed by atoms with E-state index in [0.717, 1.165) is 48.0 Å². The third kappa shape index (κ3) is 3.16. The van der Waals surface area contributed by atoms with Gasteiger partial charge < -0.3 is 18.8 Å². The standard InChI is InChI=1S/C20H29BN2O4/c1-6-24-18-14-13-22-23(17-9-7-8-12-25-17)16(14)11-10-15(18)21-26-19(2,3)20(4,5)27-21/h10-11,13,17H,6-9,12H2,1-5H3/t17-/m0/s1. The Balaban J connectivity index is 1.75. The molecule has 1 aromatic heterocycles. The summed E-state index contributed by atoms with van der Waals surface area (Å²) in [6.07, 6.45) is 5.13. The van der Waals surface area contributed by atoms with Crippen LogP contribution in [0.1, 0.15) is 60.1 Å². The molecule has 3 heterocycles. The Morgan fingerprint density at radius 3 is 2.56 bits per heavy atom. The summed E-state index contributed by atoms with van der Waals surface area (Å²) in [5.41, 5.74) is 1.14. The summed E-state index contributed by atoms with van der Waals surface area (Å²) in [5.74, 6) is 0.788. The summed E-state index contributed by atoms with van der Waals surface area (Å²) in [4.78, 5) is 0. The largest absolute Gasteiger partial charge is 0.498 e. The van der Waals surface area contributed by atoms with Crippen molar-refractivity contribution in [1.29, 1.82) is 0 Å². The van der Waals surface area contributed by atoms with Crippen LogP contribution in [0.15, 0.2) is 18.3 Å². The van der Waals surface area contributed by atoms with Gasteiger partial charge in [0.1, 0.15) is 5.75 Å². The molecule has 0 amide bonds. The van der Waals surface area contributed by atoms with Crippen LogP contribution in [0.5, 0.6) is 5.75 Å². The second kappa shape index (κ2) is 6.80. The normalized spacial score (nSPS) is 24.5. The molecule has 0 saturated carbocycles. The van der Waals surface area contributed by atoms with Crippen molar-refractivity contribution in [3.05, 3.63) is 18.3 Å². The number of hydrogen-bond acceptors (Lipinski definition) is 5. The molecule has 0 spiro atoms. The molecule has 0 aliphatic carbocycles. The van der Waals surface area contributed by atoms with Gasteiger partial charge in [0.05, 0.1) is 34.9 Å². The van der Waals surface area contributed by atoms with Gasteiger partial charge in [-0.2, -0.15) is 5.10 Å². The van der Waals surface area contributed by atoms with Crippen LogP contribution in [0, 0.1) is 0 Å². The monoisotopic (exact) mass is 372 g/mol. The maximum atomic E-state index is 6.26. The minimum absolute atomic E-state index is 0.00609. The summed E-state index contributed by atoms with van der Waals surface area (Å²) < 4.78 is 26.5. The fourth-order valence-electron chi connectivity index (χ4n) is 3.72. The van der Waals surface area contributed by atoms with E-state index in [1.807, 2.05) is 23.9 Å². The highest BCUT2D eigenvalue weighted by Gasteiger charge is 2.52. The molecule has 2 saturated heterocycles. The Bertz CT molecular complexity index is 811. The molecule has 0 radical (unpaired) electrons. The molecule has 1 aromatic carbocycles. The van der Waals surface area contributed by atoms with Gasteiger partial charge >= 0.3 is 7.12 Å². The van der Waals surface area contributed by atoms with Crippen LogP contribution in [0.4, 0.5) is 0 Å². The minimum atomic E-state index is -0.463. The zero-order valence-corrected chi connectivity index (χ0v) is 16.9. The fourth-order valence-corrected chi connectivity index (χ4v) is 3.72. The molecular weight excluding hydrogens is 343 g/mol. The molecule has 0 N–H and O–H groups in total. The van der Waals surface area contributed by atoms with Gasteiger partial charge in [-0.1, -0.05) is 6.07 Å². The predicted molar refractivity (Wildman–Crippen MR) is 105 cm³/mol. The maximum absolute atomic E-state index is 6.26. The third-order valence-corrected chi connectivity index (χ3v) is 5.99. The summed E-state index contributed by atoms with van der Waals surface area (Å²) >= 11 is 0. The summed E-state index contributed by atoms with van der Waals surface area (Å²) in [6, 6.07) is 4.11. The Labute approximate surface area is 161 Å². The molecular formula is C20H29BN2O4. The van der Waals surface area contributed by atoms with Gasteiger partial charge in [-0.3, -0.25) is 0 Å². The maximum Gasteiger partial charge on any atom is 0.498 e. The van der Waals surface area contributed by atoms with Crippen LogP contribution in [-0.4, -0.2) is 41.3 Å². The van der Waals surface area contributed by atoms with Crippen LogP contribution in [0.25, 0.3) is 10.9 Å². The van der Waals surface area contributed by atoms with Crippen LogP contribution >= 0.6 is 0 Å². The first-order chi connectivity index (χ1) is 12.8. The van der Waals surface area contributed by atoms with Gasteiger partial charge in [-0.05, 0) is 59.9 Å². The van der Waals surface area contributed by atoms with Crippen LogP contribution in [0.3, 0.4) is 0 Å². The Hall–Kier alpha value is -1.57. The number of benzene rings is 1. The zero-order valence-electron chi connectivity index (χ0n) is 16.9. The highest BCUT2D eigenvalue weighted by Crippen LogP contribution is 2.38. The second-order valence-corrected chi connectivity index (χ2v) is 8.35. The molecule has 2 aliphatic rings. The molecule has 2 aliphatic heterocycles.